The SMILES string of the molecule is CC1(C)CCC(C)(C)c2cc3c(cc21)c1ccccc1n3-c1ccc(-c2nc(-c3ccc4c(c3)c3ccccc3n4-c3ccccc3)nc(-c3cccc4ccccc34)n2)c2ccccc12. The summed E-state index contributed by atoms with van der Waals surface area (Å²) in [5, 5.41) is 9.37. The van der Waals surface area contributed by atoms with Gasteiger partial charge in [-0.1, -0.05) is 149 Å². The molecule has 3 aromatic heterocycles. The zero-order valence-electron chi connectivity index (χ0n) is 37.5. The van der Waals surface area contributed by atoms with E-state index in [2.05, 4.69) is 225 Å². The topological polar surface area (TPSA) is 48.5 Å². The fourth-order valence-corrected chi connectivity index (χ4v) is 11.1. The average molecular weight is 850 g/mol. The first kappa shape index (κ1) is 38.6. The molecule has 0 spiro atoms. The van der Waals surface area contributed by atoms with E-state index in [-0.39, 0.29) is 10.8 Å². The first-order valence-corrected chi connectivity index (χ1v) is 23.2. The molecule has 0 fully saturated rings. The molecule has 5 heteroatoms. The summed E-state index contributed by atoms with van der Waals surface area (Å²) < 4.78 is 4.84. The van der Waals surface area contributed by atoms with Gasteiger partial charge in [-0.2, -0.15) is 0 Å². The Balaban J connectivity index is 1.05. The van der Waals surface area contributed by atoms with Gasteiger partial charge >= 0.3 is 0 Å². The molecular formula is C61H47N5. The van der Waals surface area contributed by atoms with Gasteiger partial charge in [0, 0.05) is 49.3 Å². The Morgan fingerprint density at radius 2 is 0.894 bits per heavy atom. The summed E-state index contributed by atoms with van der Waals surface area (Å²) >= 11 is 0. The summed E-state index contributed by atoms with van der Waals surface area (Å²) in [5.74, 6) is 1.91. The van der Waals surface area contributed by atoms with Crippen LogP contribution in [0.25, 0.3) is 111 Å². The number of para-hydroxylation sites is 3. The fourth-order valence-electron chi connectivity index (χ4n) is 11.1. The van der Waals surface area contributed by atoms with Crippen LogP contribution in [-0.4, -0.2) is 24.1 Å². The van der Waals surface area contributed by atoms with Crippen LogP contribution in [0, 0.1) is 0 Å². The molecule has 5 nitrogen and oxygen atoms in total. The molecule has 0 amide bonds. The summed E-state index contributed by atoms with van der Waals surface area (Å²) in [5.41, 5.74) is 13.0. The number of benzene rings is 9. The summed E-state index contributed by atoms with van der Waals surface area (Å²) in [6, 6.07) is 67.9. The Morgan fingerprint density at radius 1 is 0.364 bits per heavy atom. The van der Waals surface area contributed by atoms with E-state index in [1.165, 1.54) is 44.7 Å². The van der Waals surface area contributed by atoms with Crippen LogP contribution in [0.1, 0.15) is 51.7 Å². The van der Waals surface area contributed by atoms with Crippen molar-refractivity contribution in [3.8, 4) is 45.5 Å². The Kier molecular flexibility index (Phi) is 8.36. The van der Waals surface area contributed by atoms with Gasteiger partial charge in [-0.25, -0.2) is 15.0 Å². The minimum absolute atomic E-state index is 0.0773. The number of hydrogen-bond acceptors (Lipinski definition) is 3. The second-order valence-electron chi connectivity index (χ2n) is 19.5. The van der Waals surface area contributed by atoms with E-state index >= 15 is 0 Å². The highest BCUT2D eigenvalue weighted by Gasteiger charge is 2.38. The van der Waals surface area contributed by atoms with Crippen molar-refractivity contribution in [3.05, 3.63) is 199 Å². The monoisotopic (exact) mass is 849 g/mol. The van der Waals surface area contributed by atoms with Crippen molar-refractivity contribution in [1.29, 1.82) is 0 Å². The first-order chi connectivity index (χ1) is 32.2. The van der Waals surface area contributed by atoms with Gasteiger partial charge in [0.15, 0.2) is 17.5 Å². The van der Waals surface area contributed by atoms with E-state index in [1.807, 2.05) is 0 Å². The smallest absolute Gasteiger partial charge is 0.164 e. The van der Waals surface area contributed by atoms with Crippen LogP contribution in [0.5, 0.6) is 0 Å². The molecule has 0 bridgehead atoms. The van der Waals surface area contributed by atoms with E-state index in [0.717, 1.165) is 72.5 Å². The zero-order valence-corrected chi connectivity index (χ0v) is 37.5. The van der Waals surface area contributed by atoms with E-state index in [1.54, 1.807) is 0 Å². The minimum atomic E-state index is 0.0773. The standard InChI is InChI=1S/C61H47N5/c1-60(2)33-34-61(3,4)51-37-56-49(36-50(51)60)45-25-13-15-28-53(45)66(56)54-32-30-47(42-22-10-11-23-43(42)54)59-63-57(62-58(64-59)46-26-16-18-38-17-8-9-21-41(38)46)39-29-31-55-48(35-39)44-24-12-14-27-52(44)65(55)40-19-6-5-7-20-40/h5-32,35-37H,33-34H2,1-4H3. The molecule has 12 aromatic rings. The highest BCUT2D eigenvalue weighted by Crippen LogP contribution is 2.49. The quantitative estimate of drug-likeness (QED) is 0.173. The maximum atomic E-state index is 5.42. The highest BCUT2D eigenvalue weighted by atomic mass is 15.0. The number of rotatable bonds is 5. The maximum Gasteiger partial charge on any atom is 0.164 e. The Hall–Kier alpha value is -7.89. The number of fused-ring (bicyclic) bond motifs is 9. The molecule has 0 atom stereocenters. The molecule has 316 valence electrons. The fraction of sp³-hybridized carbons (Fsp3) is 0.131. The van der Waals surface area contributed by atoms with E-state index < -0.39 is 0 Å². The lowest BCUT2D eigenvalue weighted by Gasteiger charge is -2.42. The molecule has 0 saturated heterocycles. The van der Waals surface area contributed by atoms with Crippen LogP contribution < -0.4 is 0 Å². The molecule has 9 aromatic carbocycles. The molecule has 0 N–H and O–H groups in total. The van der Waals surface area contributed by atoms with Crippen molar-refractivity contribution in [1.82, 2.24) is 24.1 Å². The summed E-state index contributed by atoms with van der Waals surface area (Å²) in [6.45, 7) is 9.67. The molecule has 0 radical (unpaired) electrons. The van der Waals surface area contributed by atoms with Crippen molar-refractivity contribution in [2.24, 2.45) is 0 Å². The van der Waals surface area contributed by atoms with E-state index in [0.29, 0.717) is 17.5 Å². The Bertz CT molecular complexity index is 3940. The lowest BCUT2D eigenvalue weighted by Crippen LogP contribution is -2.33. The van der Waals surface area contributed by atoms with Crippen molar-refractivity contribution in [2.75, 3.05) is 0 Å². The van der Waals surface area contributed by atoms with Crippen LogP contribution in [0.4, 0.5) is 0 Å². The molecular weight excluding hydrogens is 803 g/mol. The van der Waals surface area contributed by atoms with Gasteiger partial charge in [-0.3, -0.25) is 0 Å². The van der Waals surface area contributed by atoms with Crippen molar-refractivity contribution < 1.29 is 0 Å². The zero-order chi connectivity index (χ0) is 44.3. The highest BCUT2D eigenvalue weighted by molar-refractivity contribution is 6.13. The first-order valence-electron chi connectivity index (χ1n) is 23.2. The molecule has 1 aliphatic rings. The number of aromatic nitrogens is 5. The van der Waals surface area contributed by atoms with Crippen LogP contribution in [0.3, 0.4) is 0 Å². The largest absolute Gasteiger partial charge is 0.309 e. The molecule has 0 unspecified atom stereocenters. The third-order valence-electron chi connectivity index (χ3n) is 14.6. The normalized spacial score (nSPS) is 14.5. The third kappa shape index (κ3) is 5.82. The van der Waals surface area contributed by atoms with Gasteiger partial charge in [-0.05, 0) is 118 Å². The predicted molar refractivity (Wildman–Crippen MR) is 275 cm³/mol. The number of hydrogen-bond donors (Lipinski definition) is 0. The van der Waals surface area contributed by atoms with Gasteiger partial charge in [0.2, 0.25) is 0 Å². The van der Waals surface area contributed by atoms with Gasteiger partial charge in [0.25, 0.3) is 0 Å². The second kappa shape index (κ2) is 14.3. The molecule has 66 heavy (non-hydrogen) atoms. The summed E-state index contributed by atoms with van der Waals surface area (Å²) in [7, 11) is 0. The van der Waals surface area contributed by atoms with E-state index in [9.17, 15) is 0 Å². The van der Waals surface area contributed by atoms with Gasteiger partial charge in [0.1, 0.15) is 0 Å². The average Bonchev–Trinajstić information content (AvgIpc) is 3.87. The van der Waals surface area contributed by atoms with Gasteiger partial charge < -0.3 is 9.13 Å². The molecule has 0 aliphatic heterocycles. The minimum Gasteiger partial charge on any atom is -0.309 e. The Morgan fingerprint density at radius 3 is 1.62 bits per heavy atom. The van der Waals surface area contributed by atoms with Crippen molar-refractivity contribution >= 4 is 65.2 Å². The predicted octanol–water partition coefficient (Wildman–Crippen LogP) is 15.7. The summed E-state index contributed by atoms with van der Waals surface area (Å²) in [4.78, 5) is 16.1. The maximum absolute atomic E-state index is 5.42. The molecule has 13 rings (SSSR count). The lowest BCUT2D eigenvalue weighted by molar-refractivity contribution is 0.332. The van der Waals surface area contributed by atoms with Crippen LogP contribution in [-0.2, 0) is 10.8 Å². The lowest BCUT2D eigenvalue weighted by atomic mass is 9.63. The third-order valence-corrected chi connectivity index (χ3v) is 14.6. The van der Waals surface area contributed by atoms with E-state index in [4.69, 9.17) is 15.0 Å². The molecule has 1 aliphatic carbocycles. The van der Waals surface area contributed by atoms with Crippen LogP contribution in [0.15, 0.2) is 188 Å². The summed E-state index contributed by atoms with van der Waals surface area (Å²) in [6.07, 6.45) is 2.34. The van der Waals surface area contributed by atoms with Crippen molar-refractivity contribution in [3.63, 3.8) is 0 Å². The van der Waals surface area contributed by atoms with Crippen LogP contribution >= 0.6 is 0 Å². The molecule has 0 saturated carbocycles. The Labute approximate surface area is 383 Å². The van der Waals surface area contributed by atoms with Gasteiger partial charge in [-0.15, -0.1) is 0 Å². The molecule has 3 heterocycles. The number of nitrogens with zero attached hydrogens (tertiary/aromatic N) is 5. The van der Waals surface area contributed by atoms with Gasteiger partial charge in [0.05, 0.1) is 27.8 Å². The van der Waals surface area contributed by atoms with Crippen LogP contribution in [0.2, 0.25) is 0 Å². The van der Waals surface area contributed by atoms with Crippen molar-refractivity contribution in [2.45, 2.75) is 51.4 Å². The second-order valence-corrected chi connectivity index (χ2v) is 19.5.